The first-order valence-electron chi connectivity index (χ1n) is 8.28. The smallest absolute Gasteiger partial charge is 0.263 e. The lowest BCUT2D eigenvalue weighted by molar-refractivity contribution is -0.138. The van der Waals surface area contributed by atoms with E-state index >= 15 is 0 Å². The van der Waals surface area contributed by atoms with Crippen LogP contribution in [-0.2, 0) is 4.79 Å². The van der Waals surface area contributed by atoms with Crippen molar-refractivity contribution in [3.05, 3.63) is 47.2 Å². The van der Waals surface area contributed by atoms with E-state index in [1.54, 1.807) is 37.5 Å². The van der Waals surface area contributed by atoms with Gasteiger partial charge in [0.1, 0.15) is 5.75 Å². The lowest BCUT2D eigenvalue weighted by atomic mass is 10.2. The summed E-state index contributed by atoms with van der Waals surface area (Å²) < 4.78 is 5.84. The van der Waals surface area contributed by atoms with Crippen molar-refractivity contribution in [1.82, 2.24) is 14.9 Å². The second kappa shape index (κ2) is 7.70. The fourth-order valence-corrected chi connectivity index (χ4v) is 3.05. The zero-order chi connectivity index (χ0) is 17.8. The summed E-state index contributed by atoms with van der Waals surface area (Å²) in [4.78, 5) is 25.1. The minimum absolute atomic E-state index is 0.0111. The van der Waals surface area contributed by atoms with E-state index < -0.39 is 6.10 Å². The number of rotatable bonds is 4. The van der Waals surface area contributed by atoms with E-state index in [0.29, 0.717) is 42.9 Å². The molecule has 0 spiro atoms. The SMILES string of the molecule is Cc1cc(Cl)ccc1OC(C)C(=O)N1CCN(c2ncccn2)CC1. The van der Waals surface area contributed by atoms with Crippen LogP contribution in [0.5, 0.6) is 5.75 Å². The zero-order valence-electron chi connectivity index (χ0n) is 14.4. The van der Waals surface area contributed by atoms with Gasteiger partial charge in [-0.25, -0.2) is 9.97 Å². The first kappa shape index (κ1) is 17.5. The fourth-order valence-electron chi connectivity index (χ4n) is 2.82. The van der Waals surface area contributed by atoms with E-state index in [2.05, 4.69) is 14.9 Å². The number of piperazine rings is 1. The average Bonchev–Trinajstić information content (AvgIpc) is 2.64. The monoisotopic (exact) mass is 360 g/mol. The average molecular weight is 361 g/mol. The summed E-state index contributed by atoms with van der Waals surface area (Å²) in [5, 5.41) is 0.656. The number of carbonyl (C=O) groups excluding carboxylic acids is 1. The highest BCUT2D eigenvalue weighted by molar-refractivity contribution is 6.30. The van der Waals surface area contributed by atoms with Crippen molar-refractivity contribution >= 4 is 23.5 Å². The number of halogens is 1. The van der Waals surface area contributed by atoms with Crippen molar-refractivity contribution in [2.45, 2.75) is 20.0 Å². The summed E-state index contributed by atoms with van der Waals surface area (Å²) in [7, 11) is 0. The molecule has 1 atom stereocenters. The van der Waals surface area contributed by atoms with Gasteiger partial charge in [-0.15, -0.1) is 0 Å². The third-order valence-electron chi connectivity index (χ3n) is 4.21. The van der Waals surface area contributed by atoms with E-state index in [4.69, 9.17) is 16.3 Å². The summed E-state index contributed by atoms with van der Waals surface area (Å²) >= 11 is 5.96. The van der Waals surface area contributed by atoms with Gasteiger partial charge in [0, 0.05) is 43.6 Å². The highest BCUT2D eigenvalue weighted by Crippen LogP contribution is 2.23. The summed E-state index contributed by atoms with van der Waals surface area (Å²) in [6.07, 6.45) is 2.91. The van der Waals surface area contributed by atoms with E-state index in [-0.39, 0.29) is 5.91 Å². The van der Waals surface area contributed by atoms with Gasteiger partial charge in [0.25, 0.3) is 5.91 Å². The molecule has 3 rings (SSSR count). The van der Waals surface area contributed by atoms with E-state index in [0.717, 1.165) is 5.56 Å². The predicted molar refractivity (Wildman–Crippen MR) is 97.1 cm³/mol. The lowest BCUT2D eigenvalue weighted by Crippen LogP contribution is -2.52. The Labute approximate surface area is 152 Å². The Balaban J connectivity index is 1.56. The number of nitrogens with zero attached hydrogens (tertiary/aromatic N) is 4. The van der Waals surface area contributed by atoms with Crippen LogP contribution in [0.25, 0.3) is 0 Å². The fraction of sp³-hybridized carbons (Fsp3) is 0.389. The Bertz CT molecular complexity index is 733. The molecule has 0 saturated carbocycles. The van der Waals surface area contributed by atoms with Crippen molar-refractivity contribution in [3.8, 4) is 5.75 Å². The van der Waals surface area contributed by atoms with Gasteiger partial charge >= 0.3 is 0 Å². The summed E-state index contributed by atoms with van der Waals surface area (Å²) in [6, 6.07) is 7.18. The van der Waals surface area contributed by atoms with Gasteiger partial charge in [-0.05, 0) is 43.7 Å². The van der Waals surface area contributed by atoms with Crippen LogP contribution >= 0.6 is 11.6 Å². The van der Waals surface area contributed by atoms with Crippen molar-refractivity contribution < 1.29 is 9.53 Å². The summed E-state index contributed by atoms with van der Waals surface area (Å²) in [6.45, 7) is 6.37. The number of carbonyl (C=O) groups is 1. The Morgan fingerprint density at radius 3 is 2.52 bits per heavy atom. The standard InChI is InChI=1S/C18H21ClN4O2/c1-13-12-15(19)4-5-16(13)25-14(2)17(24)22-8-10-23(11-9-22)18-20-6-3-7-21-18/h3-7,12,14H,8-11H2,1-2H3. The van der Waals surface area contributed by atoms with E-state index in [1.807, 2.05) is 17.9 Å². The Kier molecular flexibility index (Phi) is 5.38. The molecule has 132 valence electrons. The molecule has 0 aliphatic carbocycles. The van der Waals surface area contributed by atoms with Crippen LogP contribution in [0.3, 0.4) is 0 Å². The molecule has 1 aromatic carbocycles. The number of hydrogen-bond donors (Lipinski definition) is 0. The zero-order valence-corrected chi connectivity index (χ0v) is 15.1. The van der Waals surface area contributed by atoms with Gasteiger partial charge in [0.15, 0.2) is 6.10 Å². The second-order valence-electron chi connectivity index (χ2n) is 6.03. The van der Waals surface area contributed by atoms with Gasteiger partial charge in [0.2, 0.25) is 5.95 Å². The van der Waals surface area contributed by atoms with E-state index in [9.17, 15) is 4.79 Å². The third-order valence-corrected chi connectivity index (χ3v) is 4.45. The number of benzene rings is 1. The number of hydrogen-bond acceptors (Lipinski definition) is 5. The molecule has 1 aromatic heterocycles. The van der Waals surface area contributed by atoms with Gasteiger partial charge < -0.3 is 14.5 Å². The highest BCUT2D eigenvalue weighted by Gasteiger charge is 2.27. The van der Waals surface area contributed by atoms with Crippen LogP contribution in [0.15, 0.2) is 36.7 Å². The number of aryl methyl sites for hydroxylation is 1. The molecular formula is C18H21ClN4O2. The van der Waals surface area contributed by atoms with Crippen molar-refractivity contribution in [2.24, 2.45) is 0 Å². The summed E-state index contributed by atoms with van der Waals surface area (Å²) in [5.74, 6) is 1.38. The van der Waals surface area contributed by atoms with Gasteiger partial charge in [-0.2, -0.15) is 0 Å². The van der Waals surface area contributed by atoms with Crippen LogP contribution in [0.2, 0.25) is 5.02 Å². The normalized spacial score (nSPS) is 15.8. The van der Waals surface area contributed by atoms with Crippen LogP contribution in [0.1, 0.15) is 12.5 Å². The van der Waals surface area contributed by atoms with Crippen molar-refractivity contribution in [1.29, 1.82) is 0 Å². The second-order valence-corrected chi connectivity index (χ2v) is 6.47. The number of aromatic nitrogens is 2. The first-order chi connectivity index (χ1) is 12.0. The molecular weight excluding hydrogens is 340 g/mol. The van der Waals surface area contributed by atoms with Crippen LogP contribution in [0.4, 0.5) is 5.95 Å². The van der Waals surface area contributed by atoms with Gasteiger partial charge in [-0.1, -0.05) is 11.6 Å². The maximum absolute atomic E-state index is 12.6. The molecule has 2 aromatic rings. The summed E-state index contributed by atoms with van der Waals surface area (Å²) in [5.41, 5.74) is 0.915. The Morgan fingerprint density at radius 2 is 1.88 bits per heavy atom. The van der Waals surface area contributed by atoms with Crippen LogP contribution in [0, 0.1) is 6.92 Å². The number of anilines is 1. The predicted octanol–water partition coefficient (Wildman–Crippen LogP) is 2.55. The molecule has 1 saturated heterocycles. The number of ether oxygens (including phenoxy) is 1. The van der Waals surface area contributed by atoms with Crippen LogP contribution < -0.4 is 9.64 Å². The van der Waals surface area contributed by atoms with E-state index in [1.165, 1.54) is 0 Å². The Hall–Kier alpha value is -2.34. The lowest BCUT2D eigenvalue weighted by Gasteiger charge is -2.35. The minimum Gasteiger partial charge on any atom is -0.481 e. The molecule has 1 aliphatic rings. The largest absolute Gasteiger partial charge is 0.481 e. The first-order valence-corrected chi connectivity index (χ1v) is 8.66. The molecule has 0 radical (unpaired) electrons. The van der Waals surface area contributed by atoms with Crippen LogP contribution in [-0.4, -0.2) is 53.1 Å². The maximum atomic E-state index is 12.6. The quantitative estimate of drug-likeness (QED) is 0.838. The maximum Gasteiger partial charge on any atom is 0.263 e. The highest BCUT2D eigenvalue weighted by atomic mass is 35.5. The molecule has 6 nitrogen and oxygen atoms in total. The van der Waals surface area contributed by atoms with Crippen molar-refractivity contribution in [3.63, 3.8) is 0 Å². The number of amides is 1. The molecule has 1 amide bonds. The molecule has 0 N–H and O–H groups in total. The molecule has 1 unspecified atom stereocenters. The van der Waals surface area contributed by atoms with Gasteiger partial charge in [0.05, 0.1) is 0 Å². The van der Waals surface area contributed by atoms with Crippen molar-refractivity contribution in [2.75, 3.05) is 31.1 Å². The Morgan fingerprint density at radius 1 is 1.20 bits per heavy atom. The third kappa shape index (κ3) is 4.20. The van der Waals surface area contributed by atoms with Gasteiger partial charge in [-0.3, -0.25) is 4.79 Å². The molecule has 25 heavy (non-hydrogen) atoms. The molecule has 1 fully saturated rings. The molecule has 7 heteroatoms. The molecule has 2 heterocycles. The minimum atomic E-state index is -0.542. The topological polar surface area (TPSA) is 58.6 Å². The molecule has 0 bridgehead atoms. The molecule has 1 aliphatic heterocycles.